The second-order valence-corrected chi connectivity index (χ2v) is 8.54. The molecule has 142 valence electrons. The van der Waals surface area contributed by atoms with Crippen LogP contribution in [0.5, 0.6) is 11.5 Å². The summed E-state index contributed by atoms with van der Waals surface area (Å²) < 4.78 is 11.7. The number of hydrogen-bond acceptors (Lipinski definition) is 2. The summed E-state index contributed by atoms with van der Waals surface area (Å²) in [6.07, 6.45) is 2.11. The maximum absolute atomic E-state index is 6.13. The van der Waals surface area contributed by atoms with Gasteiger partial charge in [0.05, 0.1) is 13.2 Å². The minimum Gasteiger partial charge on any atom is -0.494 e. The molecule has 0 saturated heterocycles. The van der Waals surface area contributed by atoms with Crippen LogP contribution in [-0.2, 0) is 10.8 Å². The Morgan fingerprint density at radius 2 is 1.46 bits per heavy atom. The predicted molar refractivity (Wildman–Crippen MR) is 111 cm³/mol. The van der Waals surface area contributed by atoms with Crippen LogP contribution in [0.2, 0.25) is 0 Å². The molecule has 2 aromatic carbocycles. The lowest BCUT2D eigenvalue weighted by Gasteiger charge is -2.26. The summed E-state index contributed by atoms with van der Waals surface area (Å²) in [5.41, 5.74) is 2.83. The van der Waals surface area contributed by atoms with Gasteiger partial charge < -0.3 is 9.47 Å². The van der Waals surface area contributed by atoms with E-state index in [1.807, 2.05) is 6.92 Å². The largest absolute Gasteiger partial charge is 0.494 e. The molecule has 0 atom stereocenters. The van der Waals surface area contributed by atoms with Crippen molar-refractivity contribution in [2.45, 2.75) is 65.2 Å². The molecule has 2 heteroatoms. The van der Waals surface area contributed by atoms with Gasteiger partial charge >= 0.3 is 0 Å². The molecule has 26 heavy (non-hydrogen) atoms. The molecule has 0 aliphatic carbocycles. The van der Waals surface area contributed by atoms with E-state index < -0.39 is 0 Å². The van der Waals surface area contributed by atoms with Gasteiger partial charge in [0, 0.05) is 0 Å². The fourth-order valence-electron chi connectivity index (χ4n) is 3.22. The third-order valence-electron chi connectivity index (χ3n) is 4.85. The lowest BCUT2D eigenvalue weighted by molar-refractivity contribution is 0.282. The smallest absolute Gasteiger partial charge is 0.123 e. The fraction of sp³-hybridized carbons (Fsp3) is 0.500. The highest BCUT2D eigenvalue weighted by Gasteiger charge is 2.21. The van der Waals surface area contributed by atoms with Gasteiger partial charge in [-0.3, -0.25) is 0 Å². The molecular formula is C24H34O2. The number of para-hydroxylation sites is 1. The lowest BCUT2D eigenvalue weighted by atomic mass is 9.80. The Kier molecular flexibility index (Phi) is 6.75. The van der Waals surface area contributed by atoms with Crippen molar-refractivity contribution in [3.8, 4) is 11.5 Å². The van der Waals surface area contributed by atoms with Gasteiger partial charge in [0.2, 0.25) is 0 Å². The number of ether oxygens (including phenoxy) is 2. The average Bonchev–Trinajstić information content (AvgIpc) is 2.59. The monoisotopic (exact) mass is 354 g/mol. The first-order valence-electron chi connectivity index (χ1n) is 9.69. The quantitative estimate of drug-likeness (QED) is 0.502. The maximum Gasteiger partial charge on any atom is 0.123 e. The first kappa shape index (κ1) is 20.4. The summed E-state index contributed by atoms with van der Waals surface area (Å²) in [5.74, 6) is 1.95. The molecule has 0 bridgehead atoms. The van der Waals surface area contributed by atoms with Crippen LogP contribution >= 0.6 is 0 Å². The average molecular weight is 355 g/mol. The highest BCUT2D eigenvalue weighted by Crippen LogP contribution is 2.32. The van der Waals surface area contributed by atoms with E-state index >= 15 is 0 Å². The van der Waals surface area contributed by atoms with Gasteiger partial charge in [0.15, 0.2) is 0 Å². The molecule has 2 aromatic rings. The van der Waals surface area contributed by atoms with E-state index in [0.29, 0.717) is 6.61 Å². The molecule has 2 nitrogen and oxygen atoms in total. The fourth-order valence-corrected chi connectivity index (χ4v) is 3.22. The van der Waals surface area contributed by atoms with Crippen molar-refractivity contribution in [2.75, 3.05) is 13.2 Å². The molecule has 0 radical (unpaired) electrons. The summed E-state index contributed by atoms with van der Waals surface area (Å²) in [5, 5.41) is 0. The third kappa shape index (κ3) is 5.52. The Morgan fingerprint density at radius 3 is 2.08 bits per heavy atom. The van der Waals surface area contributed by atoms with Crippen LogP contribution in [-0.4, -0.2) is 13.2 Å². The van der Waals surface area contributed by atoms with E-state index in [4.69, 9.17) is 9.47 Å². The summed E-state index contributed by atoms with van der Waals surface area (Å²) in [6, 6.07) is 16.9. The SMILES string of the molecule is CCOc1ccc(C(C)(C)CCCOc2ccccc2C(C)(C)C)cc1. The Hall–Kier alpha value is -1.96. The van der Waals surface area contributed by atoms with Crippen LogP contribution in [0.15, 0.2) is 48.5 Å². The third-order valence-corrected chi connectivity index (χ3v) is 4.85. The van der Waals surface area contributed by atoms with Gasteiger partial charge in [0.25, 0.3) is 0 Å². The van der Waals surface area contributed by atoms with Gasteiger partial charge in [0.1, 0.15) is 11.5 Å². The summed E-state index contributed by atoms with van der Waals surface area (Å²) in [7, 11) is 0. The van der Waals surface area contributed by atoms with Crippen molar-refractivity contribution >= 4 is 0 Å². The Balaban J connectivity index is 1.91. The molecule has 0 aliphatic heterocycles. The van der Waals surface area contributed by atoms with Gasteiger partial charge in [-0.2, -0.15) is 0 Å². The first-order chi connectivity index (χ1) is 12.2. The molecule has 2 rings (SSSR count). The zero-order valence-corrected chi connectivity index (χ0v) is 17.3. The van der Waals surface area contributed by atoms with Gasteiger partial charge in [-0.15, -0.1) is 0 Å². The van der Waals surface area contributed by atoms with E-state index in [0.717, 1.165) is 30.9 Å². The number of hydrogen-bond donors (Lipinski definition) is 0. The van der Waals surface area contributed by atoms with Gasteiger partial charge in [-0.25, -0.2) is 0 Å². The Labute approximate surface area is 159 Å². The summed E-state index contributed by atoms with van der Waals surface area (Å²) >= 11 is 0. The second-order valence-electron chi connectivity index (χ2n) is 8.54. The molecule has 0 amide bonds. The molecule has 0 unspecified atom stereocenters. The maximum atomic E-state index is 6.13. The molecule has 0 heterocycles. The number of benzene rings is 2. The molecule has 0 spiro atoms. The van der Waals surface area contributed by atoms with E-state index in [2.05, 4.69) is 83.1 Å². The zero-order valence-electron chi connectivity index (χ0n) is 17.3. The van der Waals surface area contributed by atoms with Crippen molar-refractivity contribution in [3.05, 3.63) is 59.7 Å². The van der Waals surface area contributed by atoms with Crippen molar-refractivity contribution in [3.63, 3.8) is 0 Å². The van der Waals surface area contributed by atoms with Crippen LogP contribution < -0.4 is 9.47 Å². The number of rotatable bonds is 8. The van der Waals surface area contributed by atoms with Crippen LogP contribution in [0.3, 0.4) is 0 Å². The second kappa shape index (κ2) is 8.62. The van der Waals surface area contributed by atoms with Gasteiger partial charge in [-0.05, 0) is 59.9 Å². The first-order valence-corrected chi connectivity index (χ1v) is 9.69. The lowest BCUT2D eigenvalue weighted by Crippen LogP contribution is -2.19. The molecular weight excluding hydrogens is 320 g/mol. The Bertz CT molecular complexity index is 678. The molecule has 0 saturated carbocycles. The molecule has 0 aromatic heterocycles. The van der Waals surface area contributed by atoms with Crippen LogP contribution in [0, 0.1) is 0 Å². The van der Waals surface area contributed by atoms with Crippen molar-refractivity contribution < 1.29 is 9.47 Å². The normalized spacial score (nSPS) is 12.1. The van der Waals surface area contributed by atoms with Crippen molar-refractivity contribution in [1.82, 2.24) is 0 Å². The topological polar surface area (TPSA) is 18.5 Å². The van der Waals surface area contributed by atoms with Crippen LogP contribution in [0.4, 0.5) is 0 Å². The summed E-state index contributed by atoms with van der Waals surface area (Å²) in [4.78, 5) is 0. The summed E-state index contributed by atoms with van der Waals surface area (Å²) in [6.45, 7) is 14.7. The van der Waals surface area contributed by atoms with Crippen LogP contribution in [0.25, 0.3) is 0 Å². The highest BCUT2D eigenvalue weighted by atomic mass is 16.5. The highest BCUT2D eigenvalue weighted by molar-refractivity contribution is 5.38. The minimum atomic E-state index is 0.0954. The van der Waals surface area contributed by atoms with E-state index in [9.17, 15) is 0 Å². The Morgan fingerprint density at radius 1 is 0.808 bits per heavy atom. The molecule has 0 fully saturated rings. The van der Waals surface area contributed by atoms with E-state index in [1.165, 1.54) is 11.1 Å². The van der Waals surface area contributed by atoms with Crippen LogP contribution in [0.1, 0.15) is 65.5 Å². The van der Waals surface area contributed by atoms with E-state index in [-0.39, 0.29) is 10.8 Å². The van der Waals surface area contributed by atoms with E-state index in [1.54, 1.807) is 0 Å². The zero-order chi connectivity index (χ0) is 19.2. The predicted octanol–water partition coefficient (Wildman–Crippen LogP) is 6.52. The van der Waals surface area contributed by atoms with Crippen molar-refractivity contribution in [1.29, 1.82) is 0 Å². The van der Waals surface area contributed by atoms with Crippen molar-refractivity contribution in [2.24, 2.45) is 0 Å². The molecule has 0 N–H and O–H groups in total. The molecule has 0 aliphatic rings. The van der Waals surface area contributed by atoms with Gasteiger partial charge in [-0.1, -0.05) is 65.0 Å². The minimum absolute atomic E-state index is 0.0954. The standard InChI is InChI=1S/C24H34O2/c1-7-25-20-15-13-19(14-16-20)24(5,6)17-10-18-26-22-12-9-8-11-21(22)23(2,3)4/h8-9,11-16H,7,10,17-18H2,1-6H3.